The van der Waals surface area contributed by atoms with Gasteiger partial charge in [-0.05, 0) is 24.7 Å². The Morgan fingerprint density at radius 1 is 0.491 bits per heavy atom. The van der Waals surface area contributed by atoms with E-state index in [1.165, 1.54) is 154 Å². The average molecular weight is 775 g/mol. The van der Waals surface area contributed by atoms with E-state index in [0.29, 0.717) is 6.42 Å². The first-order valence-corrected chi connectivity index (χ1v) is 24.1. The van der Waals surface area contributed by atoms with Gasteiger partial charge in [0.1, 0.15) is 6.61 Å². The second-order valence-electron chi connectivity index (χ2n) is 16.5. The molecule has 0 rings (SSSR count). The Bertz CT molecular complexity index is 860. The molecule has 0 bridgehead atoms. The van der Waals surface area contributed by atoms with E-state index >= 15 is 0 Å². The summed E-state index contributed by atoms with van der Waals surface area (Å²) in [6.45, 7) is 8.43. The maximum absolute atomic E-state index is 12.4. The van der Waals surface area contributed by atoms with Gasteiger partial charge >= 0.3 is 19.8 Å². The molecule has 9 heteroatoms. The first-order valence-electron chi connectivity index (χ1n) is 22.6. The lowest BCUT2D eigenvalue weighted by Gasteiger charge is -2.18. The van der Waals surface area contributed by atoms with Gasteiger partial charge in [-0.1, -0.05) is 214 Å². The van der Waals surface area contributed by atoms with Gasteiger partial charge in [0.05, 0.1) is 6.61 Å². The predicted molar refractivity (Wildman–Crippen MR) is 221 cm³/mol. The Morgan fingerprint density at radius 2 is 0.830 bits per heavy atom. The molecule has 2 N–H and O–H groups in total. The summed E-state index contributed by atoms with van der Waals surface area (Å²) >= 11 is 0. The molecule has 53 heavy (non-hydrogen) atoms. The summed E-state index contributed by atoms with van der Waals surface area (Å²) in [5.41, 5.74) is 0. The summed E-state index contributed by atoms with van der Waals surface area (Å²) in [5.74, 6) is 0.830. The van der Waals surface area contributed by atoms with Gasteiger partial charge in [0.2, 0.25) is 0 Å². The van der Waals surface area contributed by atoms with Crippen molar-refractivity contribution >= 4 is 19.8 Å². The minimum Gasteiger partial charge on any atom is -0.462 e. The van der Waals surface area contributed by atoms with Gasteiger partial charge in [-0.25, -0.2) is 4.57 Å². The number of esters is 2. The third kappa shape index (κ3) is 42.0. The van der Waals surface area contributed by atoms with Crippen molar-refractivity contribution in [3.05, 3.63) is 0 Å². The summed E-state index contributed by atoms with van der Waals surface area (Å²) in [5, 5.41) is 0. The normalized spacial score (nSPS) is 13.0. The van der Waals surface area contributed by atoms with Gasteiger partial charge in [0.15, 0.2) is 6.10 Å². The van der Waals surface area contributed by atoms with Crippen molar-refractivity contribution in [1.82, 2.24) is 0 Å². The first-order chi connectivity index (χ1) is 25.5. The number of carbonyl (C=O) groups is 2. The van der Waals surface area contributed by atoms with Crippen LogP contribution in [0.3, 0.4) is 0 Å². The zero-order valence-corrected chi connectivity index (χ0v) is 36.2. The lowest BCUT2D eigenvalue weighted by molar-refractivity contribution is -0.161. The van der Waals surface area contributed by atoms with Gasteiger partial charge in [-0.2, -0.15) is 0 Å². The van der Waals surface area contributed by atoms with Gasteiger partial charge in [0, 0.05) is 12.8 Å². The number of rotatable bonds is 41. The van der Waals surface area contributed by atoms with Gasteiger partial charge in [-0.3, -0.25) is 14.1 Å². The molecule has 0 spiro atoms. The number of hydrogen-bond donors (Lipinski definition) is 2. The Balaban J connectivity index is 3.81. The van der Waals surface area contributed by atoms with Crippen LogP contribution in [-0.4, -0.2) is 41.0 Å². The summed E-state index contributed by atoms with van der Waals surface area (Å²) in [6.07, 6.45) is 38.3. The monoisotopic (exact) mass is 775 g/mol. The third-order valence-electron chi connectivity index (χ3n) is 10.6. The summed E-state index contributed by atoms with van der Waals surface area (Å²) in [4.78, 5) is 42.9. The maximum atomic E-state index is 12.4. The molecule has 2 atom stereocenters. The van der Waals surface area contributed by atoms with Crippen LogP contribution in [0.15, 0.2) is 0 Å². The molecule has 0 aliphatic heterocycles. The summed E-state index contributed by atoms with van der Waals surface area (Å²) < 4.78 is 26.4. The summed E-state index contributed by atoms with van der Waals surface area (Å²) in [7, 11) is -4.75. The molecule has 8 nitrogen and oxygen atoms in total. The highest BCUT2D eigenvalue weighted by Crippen LogP contribution is 2.36. The molecule has 0 saturated heterocycles. The molecule has 0 aromatic rings. The van der Waals surface area contributed by atoms with Crippen molar-refractivity contribution in [1.29, 1.82) is 0 Å². The smallest absolute Gasteiger partial charge is 0.462 e. The molecule has 0 aromatic carbocycles. The number of carbonyl (C=O) groups excluding carboxylic acids is 2. The van der Waals surface area contributed by atoms with Gasteiger partial charge < -0.3 is 19.3 Å². The number of unbranched alkanes of at least 4 members (excludes halogenated alkanes) is 26. The SMILES string of the molecule is CCC(C)CCCCCCCCCCCCC(=O)O[C@H](COC(=O)CCCCCCCCCCCCCCCCCCCCC(C)C)COP(=O)(O)O. The predicted octanol–water partition coefficient (Wildman–Crippen LogP) is 13.7. The van der Waals surface area contributed by atoms with E-state index in [9.17, 15) is 14.2 Å². The minimum absolute atomic E-state index is 0.218. The van der Waals surface area contributed by atoms with Crippen molar-refractivity contribution < 1.29 is 37.9 Å². The van der Waals surface area contributed by atoms with Crippen LogP contribution >= 0.6 is 7.82 Å². The van der Waals surface area contributed by atoms with E-state index in [4.69, 9.17) is 19.3 Å². The van der Waals surface area contributed by atoms with Crippen molar-refractivity contribution in [2.24, 2.45) is 11.8 Å². The number of hydrogen-bond acceptors (Lipinski definition) is 6. The zero-order valence-electron chi connectivity index (χ0n) is 35.3. The number of ether oxygens (including phenoxy) is 2. The molecule has 0 saturated carbocycles. The van der Waals surface area contributed by atoms with Crippen molar-refractivity contribution in [3.8, 4) is 0 Å². The Hall–Kier alpha value is -0.950. The fourth-order valence-corrected chi connectivity index (χ4v) is 7.19. The maximum Gasteiger partial charge on any atom is 0.469 e. The van der Waals surface area contributed by atoms with Crippen LogP contribution in [0.5, 0.6) is 0 Å². The fourth-order valence-electron chi connectivity index (χ4n) is 6.83. The van der Waals surface area contributed by atoms with Crippen LogP contribution < -0.4 is 0 Å². The van der Waals surface area contributed by atoms with Gasteiger partial charge in [0.25, 0.3) is 0 Å². The van der Waals surface area contributed by atoms with E-state index in [0.717, 1.165) is 50.4 Å². The molecular weight excluding hydrogens is 687 g/mol. The molecule has 0 aromatic heterocycles. The minimum atomic E-state index is -4.75. The Labute approximate surface area is 327 Å². The fraction of sp³-hybridized carbons (Fsp3) is 0.955. The molecule has 0 fully saturated rings. The highest BCUT2D eigenvalue weighted by molar-refractivity contribution is 7.46. The average Bonchev–Trinajstić information content (AvgIpc) is 3.11. The molecule has 0 aliphatic rings. The van der Waals surface area contributed by atoms with E-state index in [1.54, 1.807) is 0 Å². The van der Waals surface area contributed by atoms with Crippen LogP contribution in [0.2, 0.25) is 0 Å². The number of phosphoric acid groups is 1. The first kappa shape index (κ1) is 52.0. The van der Waals surface area contributed by atoms with Crippen LogP contribution in [0.1, 0.15) is 240 Å². The van der Waals surface area contributed by atoms with Crippen LogP contribution in [0.4, 0.5) is 0 Å². The molecule has 316 valence electrons. The highest BCUT2D eigenvalue weighted by Gasteiger charge is 2.23. The lowest BCUT2D eigenvalue weighted by atomic mass is 9.99. The molecular formula is C44H87O8P. The molecule has 0 aliphatic carbocycles. The van der Waals surface area contributed by atoms with E-state index < -0.39 is 32.5 Å². The van der Waals surface area contributed by atoms with Crippen molar-refractivity contribution in [2.45, 2.75) is 246 Å². The Morgan fingerprint density at radius 3 is 1.19 bits per heavy atom. The summed E-state index contributed by atoms with van der Waals surface area (Å²) in [6, 6.07) is 0. The second kappa shape index (κ2) is 37.9. The quantitative estimate of drug-likeness (QED) is 0.0358. The number of phosphoric ester groups is 1. The lowest BCUT2D eigenvalue weighted by Crippen LogP contribution is -2.29. The molecule has 0 heterocycles. The standard InChI is InChI=1S/C44H87O8P/c1-5-41(4)35-31-27-23-19-16-17-21-25-29-33-37-44(46)52-42(39-51-53(47,48)49)38-50-43(45)36-32-28-24-20-15-13-11-9-7-6-8-10-12-14-18-22-26-30-34-40(2)3/h40-42H,5-39H2,1-4H3,(H2,47,48,49)/t41?,42-/m1/s1. The van der Waals surface area contributed by atoms with Gasteiger partial charge in [-0.15, -0.1) is 0 Å². The Kier molecular flexibility index (Phi) is 37.3. The second-order valence-corrected chi connectivity index (χ2v) is 17.7. The van der Waals surface area contributed by atoms with Crippen molar-refractivity contribution in [3.63, 3.8) is 0 Å². The molecule has 1 unspecified atom stereocenters. The van der Waals surface area contributed by atoms with E-state index in [1.807, 2.05) is 0 Å². The molecule has 0 amide bonds. The molecule has 0 radical (unpaired) electrons. The van der Waals surface area contributed by atoms with Crippen molar-refractivity contribution in [2.75, 3.05) is 13.2 Å². The van der Waals surface area contributed by atoms with Crippen LogP contribution in [0, 0.1) is 11.8 Å². The van der Waals surface area contributed by atoms with E-state index in [-0.39, 0.29) is 19.4 Å². The van der Waals surface area contributed by atoms with Crippen LogP contribution in [0.25, 0.3) is 0 Å². The largest absolute Gasteiger partial charge is 0.469 e. The van der Waals surface area contributed by atoms with E-state index in [2.05, 4.69) is 32.2 Å². The van der Waals surface area contributed by atoms with Crippen LogP contribution in [-0.2, 0) is 28.2 Å². The topological polar surface area (TPSA) is 119 Å². The third-order valence-corrected chi connectivity index (χ3v) is 11.1. The zero-order chi connectivity index (χ0) is 39.3. The highest BCUT2D eigenvalue weighted by atomic mass is 31.2.